The van der Waals surface area contributed by atoms with Crippen molar-refractivity contribution in [2.75, 3.05) is 4.90 Å². The van der Waals surface area contributed by atoms with Crippen molar-refractivity contribution < 1.29 is 4.79 Å². The zero-order valence-electron chi connectivity index (χ0n) is 11.4. The van der Waals surface area contributed by atoms with Crippen LogP contribution in [0.1, 0.15) is 21.6 Å². The molecule has 0 unspecified atom stereocenters. The highest BCUT2D eigenvalue weighted by atomic mass is 32.1. The van der Waals surface area contributed by atoms with E-state index in [1.165, 1.54) is 11.5 Å². The molecule has 4 nitrogen and oxygen atoms in total. The van der Waals surface area contributed by atoms with Gasteiger partial charge in [0.15, 0.2) is 0 Å². The quantitative estimate of drug-likeness (QED) is 0.736. The molecule has 0 bridgehead atoms. The van der Waals surface area contributed by atoms with Crippen LogP contribution < -0.4 is 4.90 Å². The van der Waals surface area contributed by atoms with E-state index in [2.05, 4.69) is 14.7 Å². The SMILES string of the molecule is Cc1nscc1C(=O)N(Cc1ccsc1)c1cccnc1. The van der Waals surface area contributed by atoms with Crippen molar-refractivity contribution in [3.63, 3.8) is 0 Å². The third kappa shape index (κ3) is 3.01. The van der Waals surface area contributed by atoms with Crippen LogP contribution in [-0.4, -0.2) is 15.3 Å². The third-order valence-corrected chi connectivity index (χ3v) is 4.56. The number of carbonyl (C=O) groups is 1. The first-order valence-electron chi connectivity index (χ1n) is 6.39. The molecular formula is C15H13N3OS2. The van der Waals surface area contributed by atoms with Crippen molar-refractivity contribution in [1.29, 1.82) is 0 Å². The second kappa shape index (κ2) is 6.15. The van der Waals surface area contributed by atoms with E-state index in [1.807, 2.05) is 30.5 Å². The molecule has 0 aliphatic rings. The average Bonchev–Trinajstić information content (AvgIpc) is 3.16. The number of nitrogens with zero attached hydrogens (tertiary/aromatic N) is 3. The minimum atomic E-state index is -0.0412. The van der Waals surface area contributed by atoms with Crippen LogP contribution in [0.15, 0.2) is 46.7 Å². The highest BCUT2D eigenvalue weighted by Crippen LogP contribution is 2.22. The van der Waals surface area contributed by atoms with Crippen molar-refractivity contribution in [2.24, 2.45) is 0 Å². The molecule has 0 aliphatic carbocycles. The summed E-state index contributed by atoms with van der Waals surface area (Å²) in [6.45, 7) is 2.39. The highest BCUT2D eigenvalue weighted by molar-refractivity contribution is 7.08. The Balaban J connectivity index is 1.96. The van der Waals surface area contributed by atoms with E-state index in [0.29, 0.717) is 12.1 Å². The molecule has 0 atom stereocenters. The molecule has 3 rings (SSSR count). The molecule has 0 N–H and O–H groups in total. The summed E-state index contributed by atoms with van der Waals surface area (Å²) in [7, 11) is 0. The molecule has 0 spiro atoms. The fourth-order valence-corrected chi connectivity index (χ4v) is 3.35. The van der Waals surface area contributed by atoms with Crippen LogP contribution >= 0.6 is 22.9 Å². The van der Waals surface area contributed by atoms with Crippen molar-refractivity contribution in [1.82, 2.24) is 9.36 Å². The summed E-state index contributed by atoms with van der Waals surface area (Å²) in [4.78, 5) is 18.7. The van der Waals surface area contributed by atoms with Gasteiger partial charge in [0.05, 0.1) is 29.7 Å². The number of thiophene rings is 1. The Morgan fingerprint density at radius 2 is 2.24 bits per heavy atom. The van der Waals surface area contributed by atoms with E-state index < -0.39 is 0 Å². The summed E-state index contributed by atoms with van der Waals surface area (Å²) in [5, 5.41) is 5.86. The molecule has 0 radical (unpaired) electrons. The smallest absolute Gasteiger partial charge is 0.261 e. The Kier molecular flexibility index (Phi) is 4.08. The lowest BCUT2D eigenvalue weighted by Gasteiger charge is -2.21. The molecule has 3 heterocycles. The second-order valence-electron chi connectivity index (χ2n) is 4.55. The van der Waals surface area contributed by atoms with Crippen LogP contribution in [0, 0.1) is 6.92 Å². The van der Waals surface area contributed by atoms with Gasteiger partial charge in [0.1, 0.15) is 0 Å². The lowest BCUT2D eigenvalue weighted by molar-refractivity contribution is 0.0984. The number of hydrogen-bond acceptors (Lipinski definition) is 5. The first-order valence-corrected chi connectivity index (χ1v) is 8.17. The molecular weight excluding hydrogens is 302 g/mol. The fraction of sp³-hybridized carbons (Fsp3) is 0.133. The van der Waals surface area contributed by atoms with E-state index in [1.54, 1.807) is 34.0 Å². The van der Waals surface area contributed by atoms with Crippen molar-refractivity contribution in [3.8, 4) is 0 Å². The lowest BCUT2D eigenvalue weighted by Crippen LogP contribution is -2.30. The summed E-state index contributed by atoms with van der Waals surface area (Å²) in [5.74, 6) is -0.0412. The summed E-state index contributed by atoms with van der Waals surface area (Å²) in [5.41, 5.74) is 3.32. The zero-order chi connectivity index (χ0) is 14.7. The molecule has 1 amide bonds. The fourth-order valence-electron chi connectivity index (χ4n) is 2.00. The van der Waals surface area contributed by atoms with Gasteiger partial charge in [0, 0.05) is 11.6 Å². The van der Waals surface area contributed by atoms with Crippen LogP contribution in [-0.2, 0) is 6.54 Å². The minimum Gasteiger partial charge on any atom is -0.302 e. The normalized spacial score (nSPS) is 10.5. The average molecular weight is 315 g/mol. The van der Waals surface area contributed by atoms with E-state index in [9.17, 15) is 4.79 Å². The Morgan fingerprint density at radius 3 is 2.86 bits per heavy atom. The number of hydrogen-bond donors (Lipinski definition) is 0. The van der Waals surface area contributed by atoms with Crippen LogP contribution in [0.4, 0.5) is 5.69 Å². The summed E-state index contributed by atoms with van der Waals surface area (Å²) >= 11 is 2.93. The molecule has 3 aromatic heterocycles. The third-order valence-electron chi connectivity index (χ3n) is 3.10. The van der Waals surface area contributed by atoms with Crippen molar-refractivity contribution in [2.45, 2.75) is 13.5 Å². The standard InChI is InChI=1S/C15H13N3OS2/c1-11-14(10-21-17-11)15(19)18(8-12-4-6-20-9-12)13-3-2-5-16-7-13/h2-7,9-10H,8H2,1H3. The summed E-state index contributed by atoms with van der Waals surface area (Å²) in [6, 6.07) is 5.76. The topological polar surface area (TPSA) is 46.1 Å². The minimum absolute atomic E-state index is 0.0412. The number of pyridine rings is 1. The van der Waals surface area contributed by atoms with Gasteiger partial charge in [-0.25, -0.2) is 0 Å². The summed E-state index contributed by atoms with van der Waals surface area (Å²) < 4.78 is 4.19. The molecule has 0 aliphatic heterocycles. The van der Waals surface area contributed by atoms with Gasteiger partial charge in [0.2, 0.25) is 0 Å². The molecule has 0 saturated heterocycles. The van der Waals surface area contributed by atoms with Crippen LogP contribution in [0.3, 0.4) is 0 Å². The largest absolute Gasteiger partial charge is 0.302 e. The molecule has 6 heteroatoms. The van der Waals surface area contributed by atoms with Gasteiger partial charge in [-0.05, 0) is 53.0 Å². The van der Waals surface area contributed by atoms with E-state index in [-0.39, 0.29) is 5.91 Å². The van der Waals surface area contributed by atoms with Gasteiger partial charge in [-0.2, -0.15) is 15.7 Å². The van der Waals surface area contributed by atoms with Crippen LogP contribution in [0.5, 0.6) is 0 Å². The number of aromatic nitrogens is 2. The maximum absolute atomic E-state index is 12.8. The number of amides is 1. The van der Waals surface area contributed by atoms with Crippen LogP contribution in [0.25, 0.3) is 0 Å². The van der Waals surface area contributed by atoms with Crippen LogP contribution in [0.2, 0.25) is 0 Å². The molecule has 106 valence electrons. The predicted molar refractivity (Wildman–Crippen MR) is 85.9 cm³/mol. The van der Waals surface area contributed by atoms with Gasteiger partial charge in [0.25, 0.3) is 5.91 Å². The monoisotopic (exact) mass is 315 g/mol. The number of rotatable bonds is 4. The molecule has 3 aromatic rings. The van der Waals surface area contributed by atoms with E-state index in [0.717, 1.165) is 16.9 Å². The Hall–Kier alpha value is -2.05. The van der Waals surface area contributed by atoms with E-state index >= 15 is 0 Å². The molecule has 0 aromatic carbocycles. The van der Waals surface area contributed by atoms with E-state index in [4.69, 9.17) is 0 Å². The highest BCUT2D eigenvalue weighted by Gasteiger charge is 2.21. The maximum Gasteiger partial charge on any atom is 0.261 e. The second-order valence-corrected chi connectivity index (χ2v) is 5.96. The Morgan fingerprint density at radius 1 is 1.33 bits per heavy atom. The van der Waals surface area contributed by atoms with Gasteiger partial charge >= 0.3 is 0 Å². The van der Waals surface area contributed by atoms with Gasteiger partial charge in [-0.15, -0.1) is 0 Å². The van der Waals surface area contributed by atoms with Gasteiger partial charge in [-0.1, -0.05) is 0 Å². The molecule has 0 fully saturated rings. The Bertz CT molecular complexity index is 722. The number of carbonyl (C=O) groups excluding carboxylic acids is 1. The van der Waals surface area contributed by atoms with Crippen molar-refractivity contribution in [3.05, 3.63) is 63.6 Å². The lowest BCUT2D eigenvalue weighted by atomic mass is 10.2. The van der Waals surface area contributed by atoms with Crippen molar-refractivity contribution >= 4 is 34.5 Å². The van der Waals surface area contributed by atoms with Gasteiger partial charge < -0.3 is 4.90 Å². The number of aryl methyl sites for hydroxylation is 1. The number of anilines is 1. The van der Waals surface area contributed by atoms with Gasteiger partial charge in [-0.3, -0.25) is 9.78 Å². The molecule has 21 heavy (non-hydrogen) atoms. The molecule has 0 saturated carbocycles. The summed E-state index contributed by atoms with van der Waals surface area (Å²) in [6.07, 6.45) is 3.41. The Labute approximate surface area is 130 Å². The first-order chi connectivity index (χ1) is 10.3. The first kappa shape index (κ1) is 13.9. The zero-order valence-corrected chi connectivity index (χ0v) is 13.0. The maximum atomic E-state index is 12.8. The predicted octanol–water partition coefficient (Wildman–Crippen LogP) is 3.76.